The van der Waals surface area contributed by atoms with E-state index < -0.39 is 0 Å². The summed E-state index contributed by atoms with van der Waals surface area (Å²) in [5.41, 5.74) is 6.72. The van der Waals surface area contributed by atoms with Crippen molar-refractivity contribution >= 4 is 33.2 Å². The highest BCUT2D eigenvalue weighted by atomic mass is 79.9. The van der Waals surface area contributed by atoms with Crippen LogP contribution in [0.25, 0.3) is 0 Å². The van der Waals surface area contributed by atoms with E-state index >= 15 is 0 Å². The highest BCUT2D eigenvalue weighted by Gasteiger charge is 2.41. The summed E-state index contributed by atoms with van der Waals surface area (Å²) in [6.07, 6.45) is 1.27. The van der Waals surface area contributed by atoms with Crippen molar-refractivity contribution in [1.82, 2.24) is 4.90 Å². The summed E-state index contributed by atoms with van der Waals surface area (Å²) < 4.78 is 1.11. The van der Waals surface area contributed by atoms with Crippen molar-refractivity contribution in [3.8, 4) is 0 Å². The van der Waals surface area contributed by atoms with Crippen LogP contribution in [-0.2, 0) is 6.42 Å². The largest absolute Gasteiger partial charge is 0.355 e. The van der Waals surface area contributed by atoms with Gasteiger partial charge in [-0.05, 0) is 59.0 Å². The molecule has 5 rings (SSSR count). The molecule has 2 aliphatic rings. The minimum atomic E-state index is 0.199. The Hall–Kier alpha value is -1.81. The smallest absolute Gasteiger partial charge is 0.109 e. The van der Waals surface area contributed by atoms with Gasteiger partial charge in [0.2, 0.25) is 0 Å². The molecular weight excluding hydrogens is 420 g/mol. The number of nitrogens with zero attached hydrogens (tertiary/aromatic N) is 2. The lowest BCUT2D eigenvalue weighted by atomic mass is 9.84. The van der Waals surface area contributed by atoms with Gasteiger partial charge in [0.15, 0.2) is 0 Å². The van der Waals surface area contributed by atoms with Gasteiger partial charge in [-0.2, -0.15) is 0 Å². The van der Waals surface area contributed by atoms with Crippen molar-refractivity contribution < 1.29 is 0 Å². The van der Waals surface area contributed by atoms with E-state index in [1.165, 1.54) is 27.9 Å². The first-order chi connectivity index (χ1) is 13.1. The second-order valence-corrected chi connectivity index (χ2v) is 8.68. The second kappa shape index (κ2) is 6.66. The van der Waals surface area contributed by atoms with Gasteiger partial charge in [0, 0.05) is 28.8 Å². The highest BCUT2D eigenvalue weighted by Crippen LogP contribution is 2.49. The second-order valence-electron chi connectivity index (χ2n) is 7.33. The minimum Gasteiger partial charge on any atom is -0.355 e. The maximum Gasteiger partial charge on any atom is 0.109 e. The van der Waals surface area contributed by atoms with Crippen LogP contribution in [0, 0.1) is 0 Å². The molecule has 2 atom stereocenters. The van der Waals surface area contributed by atoms with E-state index in [1.54, 1.807) is 0 Å². The number of fused-ring (bicyclic) bond motifs is 5. The topological polar surface area (TPSA) is 6.48 Å². The Kier molecular flexibility index (Phi) is 4.27. The molecule has 27 heavy (non-hydrogen) atoms. The molecule has 2 nitrogen and oxygen atoms in total. The van der Waals surface area contributed by atoms with Crippen LogP contribution in [0.4, 0.5) is 5.69 Å². The lowest BCUT2D eigenvalue weighted by molar-refractivity contribution is 0.133. The molecule has 2 heterocycles. The van der Waals surface area contributed by atoms with Gasteiger partial charge in [0.25, 0.3) is 0 Å². The summed E-state index contributed by atoms with van der Waals surface area (Å²) in [6, 6.07) is 24.1. The Bertz CT molecular complexity index is 1000. The van der Waals surface area contributed by atoms with Gasteiger partial charge in [-0.1, -0.05) is 63.9 Å². The van der Waals surface area contributed by atoms with Crippen molar-refractivity contribution in [1.29, 1.82) is 0 Å². The fourth-order valence-electron chi connectivity index (χ4n) is 4.67. The standard InChI is InChI=1S/C23H20BrClN2/c1-26-21-11-10-18(25)14-20(21)22-19-5-3-2-4-15(19)12-13-27(22)23(26)16-6-8-17(24)9-7-16/h2-11,14,22-23H,12-13H2,1H3/t22-,23+/m0/s1. The van der Waals surface area contributed by atoms with Gasteiger partial charge in [0.05, 0.1) is 6.04 Å². The van der Waals surface area contributed by atoms with Crippen LogP contribution in [0.3, 0.4) is 0 Å². The first-order valence-corrected chi connectivity index (χ1v) is 10.4. The number of rotatable bonds is 1. The lowest BCUT2D eigenvalue weighted by Crippen LogP contribution is -2.49. The van der Waals surface area contributed by atoms with E-state index in [0.717, 1.165) is 22.5 Å². The fraction of sp³-hybridized carbons (Fsp3) is 0.217. The molecule has 0 unspecified atom stereocenters. The maximum atomic E-state index is 6.41. The SMILES string of the molecule is CN1c2ccc(Cl)cc2[C@@H]2c3ccccc3CCN2[C@@H]1c1ccc(Br)cc1. The minimum absolute atomic E-state index is 0.199. The molecule has 3 aromatic carbocycles. The maximum absolute atomic E-state index is 6.41. The van der Waals surface area contributed by atoms with Crippen LogP contribution in [0.2, 0.25) is 5.02 Å². The average molecular weight is 440 g/mol. The van der Waals surface area contributed by atoms with Gasteiger partial charge in [-0.15, -0.1) is 0 Å². The molecule has 4 heteroatoms. The number of halogens is 2. The number of hydrogen-bond donors (Lipinski definition) is 0. The first-order valence-electron chi connectivity index (χ1n) is 9.25. The molecule has 3 aromatic rings. The number of hydrogen-bond acceptors (Lipinski definition) is 2. The van der Waals surface area contributed by atoms with Crippen LogP contribution in [0.1, 0.15) is 34.5 Å². The molecule has 0 amide bonds. The molecule has 0 aromatic heterocycles. The Balaban J connectivity index is 1.73. The molecule has 0 N–H and O–H groups in total. The molecule has 136 valence electrons. The summed E-state index contributed by atoms with van der Waals surface area (Å²) in [5.74, 6) is 0. The van der Waals surface area contributed by atoms with Crippen molar-refractivity contribution in [3.05, 3.63) is 98.5 Å². The molecule has 0 aliphatic carbocycles. The van der Waals surface area contributed by atoms with Crippen molar-refractivity contribution in [2.75, 3.05) is 18.5 Å². The van der Waals surface area contributed by atoms with E-state index in [0.29, 0.717) is 0 Å². The predicted molar refractivity (Wildman–Crippen MR) is 115 cm³/mol. The van der Waals surface area contributed by atoms with E-state index in [1.807, 2.05) is 6.07 Å². The zero-order valence-electron chi connectivity index (χ0n) is 15.1. The molecule has 0 bridgehead atoms. The molecule has 2 aliphatic heterocycles. The zero-order chi connectivity index (χ0) is 18.5. The summed E-state index contributed by atoms with van der Waals surface area (Å²) in [6.45, 7) is 1.03. The molecule has 0 spiro atoms. The molecular formula is C23H20BrClN2. The zero-order valence-corrected chi connectivity index (χ0v) is 17.4. The fourth-order valence-corrected chi connectivity index (χ4v) is 5.11. The Morgan fingerprint density at radius 3 is 2.56 bits per heavy atom. The van der Waals surface area contributed by atoms with Gasteiger partial charge >= 0.3 is 0 Å². The molecule has 0 saturated heterocycles. The van der Waals surface area contributed by atoms with E-state index in [4.69, 9.17) is 11.6 Å². The number of anilines is 1. The summed E-state index contributed by atoms with van der Waals surface area (Å²) in [7, 11) is 2.19. The lowest BCUT2D eigenvalue weighted by Gasteiger charge is -2.51. The van der Waals surface area contributed by atoms with Crippen LogP contribution in [0.15, 0.2) is 71.2 Å². The van der Waals surface area contributed by atoms with Gasteiger partial charge in [-0.25, -0.2) is 0 Å². The van der Waals surface area contributed by atoms with Crippen molar-refractivity contribution in [3.63, 3.8) is 0 Å². The van der Waals surface area contributed by atoms with E-state index in [-0.39, 0.29) is 12.2 Å². The number of benzene rings is 3. The van der Waals surface area contributed by atoms with Crippen molar-refractivity contribution in [2.45, 2.75) is 18.6 Å². The third-order valence-corrected chi connectivity index (χ3v) is 6.60. The van der Waals surface area contributed by atoms with Gasteiger partial charge in [-0.3, -0.25) is 4.90 Å². The van der Waals surface area contributed by atoms with Crippen LogP contribution >= 0.6 is 27.5 Å². The van der Waals surface area contributed by atoms with Crippen LogP contribution < -0.4 is 4.90 Å². The van der Waals surface area contributed by atoms with Crippen LogP contribution in [-0.4, -0.2) is 18.5 Å². The Labute approximate surface area is 173 Å². The predicted octanol–water partition coefficient (Wildman–Crippen LogP) is 6.20. The van der Waals surface area contributed by atoms with Crippen LogP contribution in [0.5, 0.6) is 0 Å². The Morgan fingerprint density at radius 2 is 1.74 bits per heavy atom. The quantitative estimate of drug-likeness (QED) is 0.445. The summed E-state index contributed by atoms with van der Waals surface area (Å²) >= 11 is 9.98. The summed E-state index contributed by atoms with van der Waals surface area (Å²) in [5, 5.41) is 0.798. The third-order valence-electron chi connectivity index (χ3n) is 5.83. The van der Waals surface area contributed by atoms with Gasteiger partial charge in [0.1, 0.15) is 6.17 Å². The molecule has 0 radical (unpaired) electrons. The van der Waals surface area contributed by atoms with Crippen molar-refractivity contribution in [2.24, 2.45) is 0 Å². The average Bonchev–Trinajstić information content (AvgIpc) is 2.69. The van der Waals surface area contributed by atoms with E-state index in [2.05, 4.69) is 93.4 Å². The van der Waals surface area contributed by atoms with Gasteiger partial charge < -0.3 is 4.90 Å². The Morgan fingerprint density at radius 1 is 0.963 bits per heavy atom. The third kappa shape index (κ3) is 2.80. The summed E-state index contributed by atoms with van der Waals surface area (Å²) in [4.78, 5) is 5.00. The normalized spacial score (nSPS) is 21.4. The molecule has 0 saturated carbocycles. The van der Waals surface area contributed by atoms with E-state index in [9.17, 15) is 0 Å². The molecule has 0 fully saturated rings. The highest BCUT2D eigenvalue weighted by molar-refractivity contribution is 9.10. The monoisotopic (exact) mass is 438 g/mol. The first kappa shape index (κ1) is 17.3.